The lowest BCUT2D eigenvalue weighted by molar-refractivity contribution is -0.131. The number of hydrogen-bond donors (Lipinski definition) is 2. The third kappa shape index (κ3) is 3.22. The van der Waals surface area contributed by atoms with Gasteiger partial charge in [-0.2, -0.15) is 0 Å². The van der Waals surface area contributed by atoms with Crippen LogP contribution < -0.4 is 10.9 Å². The van der Waals surface area contributed by atoms with Gasteiger partial charge in [0, 0.05) is 13.1 Å². The fraction of sp³-hybridized carbons (Fsp3) is 0.545. The van der Waals surface area contributed by atoms with E-state index in [4.69, 9.17) is 11.6 Å². The zero-order valence-corrected chi connectivity index (χ0v) is 11.4. The monoisotopic (exact) mass is 272 g/mol. The van der Waals surface area contributed by atoms with E-state index >= 15 is 0 Å². The zero-order chi connectivity index (χ0) is 13.7. The molecule has 1 unspecified atom stereocenters. The third-order valence-electron chi connectivity index (χ3n) is 2.60. The van der Waals surface area contributed by atoms with Gasteiger partial charge in [0.25, 0.3) is 5.56 Å². The molecule has 1 aromatic heterocycles. The SMILES string of the molecule is CCN(CC)C(=O)C(C)Nc1nc[nH]c(=O)c1Cl. The van der Waals surface area contributed by atoms with Crippen LogP contribution in [-0.2, 0) is 4.79 Å². The lowest BCUT2D eigenvalue weighted by Crippen LogP contribution is -2.41. The Morgan fingerprint density at radius 3 is 2.72 bits per heavy atom. The fourth-order valence-corrected chi connectivity index (χ4v) is 1.72. The topological polar surface area (TPSA) is 78.1 Å². The second-order valence-corrected chi connectivity index (χ2v) is 4.15. The van der Waals surface area contributed by atoms with Crippen LogP contribution in [0.2, 0.25) is 5.02 Å². The summed E-state index contributed by atoms with van der Waals surface area (Å²) in [5, 5.41) is 2.80. The molecule has 0 aliphatic rings. The number of carbonyl (C=O) groups is 1. The van der Waals surface area contributed by atoms with Gasteiger partial charge >= 0.3 is 0 Å². The van der Waals surface area contributed by atoms with Crippen LogP contribution in [0.5, 0.6) is 0 Å². The molecule has 0 saturated carbocycles. The van der Waals surface area contributed by atoms with E-state index in [1.54, 1.807) is 11.8 Å². The number of rotatable bonds is 5. The number of hydrogen-bond acceptors (Lipinski definition) is 4. The molecule has 1 aromatic rings. The molecule has 2 N–H and O–H groups in total. The average molecular weight is 273 g/mol. The minimum atomic E-state index is -0.489. The largest absolute Gasteiger partial charge is 0.357 e. The van der Waals surface area contributed by atoms with E-state index in [-0.39, 0.29) is 16.7 Å². The first-order valence-corrected chi connectivity index (χ1v) is 6.17. The van der Waals surface area contributed by atoms with Crippen LogP contribution in [-0.4, -0.2) is 39.9 Å². The zero-order valence-electron chi connectivity index (χ0n) is 10.7. The number of likely N-dealkylation sites (N-methyl/N-ethyl adjacent to an activating group) is 1. The van der Waals surface area contributed by atoms with Gasteiger partial charge in [0.15, 0.2) is 5.82 Å². The molecule has 6 nitrogen and oxygen atoms in total. The molecule has 0 fully saturated rings. The predicted octanol–water partition coefficient (Wildman–Crippen LogP) is 1.09. The summed E-state index contributed by atoms with van der Waals surface area (Å²) in [5.41, 5.74) is -0.434. The second kappa shape index (κ2) is 6.39. The molecule has 0 radical (unpaired) electrons. The fourth-order valence-electron chi connectivity index (χ4n) is 1.56. The van der Waals surface area contributed by atoms with Gasteiger partial charge in [-0.1, -0.05) is 11.6 Å². The summed E-state index contributed by atoms with van der Waals surface area (Å²) in [6, 6.07) is -0.489. The molecule has 0 spiro atoms. The molecule has 0 aliphatic heterocycles. The highest BCUT2D eigenvalue weighted by molar-refractivity contribution is 6.32. The first-order valence-electron chi connectivity index (χ1n) is 5.79. The maximum Gasteiger partial charge on any atom is 0.271 e. The van der Waals surface area contributed by atoms with Crippen molar-refractivity contribution in [2.24, 2.45) is 0 Å². The maximum atomic E-state index is 12.0. The number of aromatic nitrogens is 2. The molecule has 7 heteroatoms. The summed E-state index contributed by atoms with van der Waals surface area (Å²) in [6.07, 6.45) is 1.24. The Hall–Kier alpha value is -1.56. The summed E-state index contributed by atoms with van der Waals surface area (Å²) in [7, 11) is 0. The molecule has 1 heterocycles. The number of aromatic amines is 1. The minimum Gasteiger partial charge on any atom is -0.357 e. The highest BCUT2D eigenvalue weighted by Crippen LogP contribution is 2.13. The summed E-state index contributed by atoms with van der Waals surface area (Å²) in [6.45, 7) is 6.80. The van der Waals surface area contributed by atoms with Crippen molar-refractivity contribution in [1.82, 2.24) is 14.9 Å². The summed E-state index contributed by atoms with van der Waals surface area (Å²) >= 11 is 5.80. The second-order valence-electron chi connectivity index (χ2n) is 3.77. The third-order valence-corrected chi connectivity index (χ3v) is 2.95. The van der Waals surface area contributed by atoms with Crippen LogP contribution in [0.25, 0.3) is 0 Å². The van der Waals surface area contributed by atoms with Crippen LogP contribution in [0.1, 0.15) is 20.8 Å². The summed E-state index contributed by atoms with van der Waals surface area (Å²) in [4.78, 5) is 31.2. The summed E-state index contributed by atoms with van der Waals surface area (Å²) < 4.78 is 0. The Morgan fingerprint density at radius 1 is 1.56 bits per heavy atom. The van der Waals surface area contributed by atoms with E-state index in [1.807, 2.05) is 13.8 Å². The van der Waals surface area contributed by atoms with Crippen molar-refractivity contribution in [3.63, 3.8) is 0 Å². The van der Waals surface area contributed by atoms with E-state index in [2.05, 4.69) is 15.3 Å². The van der Waals surface area contributed by atoms with Crippen molar-refractivity contribution < 1.29 is 4.79 Å². The number of carbonyl (C=O) groups excluding carboxylic acids is 1. The van der Waals surface area contributed by atoms with Crippen molar-refractivity contribution >= 4 is 23.3 Å². The highest BCUT2D eigenvalue weighted by atomic mass is 35.5. The Morgan fingerprint density at radius 2 is 2.17 bits per heavy atom. The molecule has 0 saturated heterocycles. The van der Waals surface area contributed by atoms with E-state index in [0.29, 0.717) is 13.1 Å². The lowest BCUT2D eigenvalue weighted by Gasteiger charge is -2.23. The predicted molar refractivity (Wildman–Crippen MR) is 70.9 cm³/mol. The molecule has 18 heavy (non-hydrogen) atoms. The van der Waals surface area contributed by atoms with E-state index in [1.165, 1.54) is 6.33 Å². The molecule has 100 valence electrons. The molecule has 1 atom stereocenters. The van der Waals surface area contributed by atoms with Crippen LogP contribution in [0.3, 0.4) is 0 Å². The van der Waals surface area contributed by atoms with E-state index in [0.717, 1.165) is 0 Å². The molecule has 0 bridgehead atoms. The van der Waals surface area contributed by atoms with Gasteiger partial charge in [-0.15, -0.1) is 0 Å². The smallest absolute Gasteiger partial charge is 0.271 e. The highest BCUT2D eigenvalue weighted by Gasteiger charge is 2.19. The number of amides is 1. The molecular weight excluding hydrogens is 256 g/mol. The van der Waals surface area contributed by atoms with Gasteiger partial charge in [0.05, 0.1) is 6.33 Å². The van der Waals surface area contributed by atoms with Crippen molar-refractivity contribution in [2.75, 3.05) is 18.4 Å². The Labute approximate surface area is 110 Å². The molecule has 0 aliphatic carbocycles. The van der Waals surface area contributed by atoms with Gasteiger partial charge in [0.1, 0.15) is 11.1 Å². The Balaban J connectivity index is 2.81. The van der Waals surface area contributed by atoms with Crippen molar-refractivity contribution in [2.45, 2.75) is 26.8 Å². The number of halogens is 1. The van der Waals surface area contributed by atoms with E-state index in [9.17, 15) is 9.59 Å². The quantitative estimate of drug-likeness (QED) is 0.841. The first-order chi connectivity index (χ1) is 8.51. The van der Waals surface area contributed by atoms with Gasteiger partial charge < -0.3 is 15.2 Å². The van der Waals surface area contributed by atoms with Crippen LogP contribution in [0.15, 0.2) is 11.1 Å². The molecule has 1 amide bonds. The number of H-pyrrole nitrogens is 1. The molecule has 0 aromatic carbocycles. The standard InChI is InChI=1S/C11H17ClN4O2/c1-4-16(5-2)11(18)7(3)15-9-8(12)10(17)14-6-13-9/h6-7H,4-5H2,1-3H3,(H2,13,14,15,17). The van der Waals surface area contributed by atoms with Crippen LogP contribution >= 0.6 is 11.6 Å². The lowest BCUT2D eigenvalue weighted by atomic mass is 10.2. The van der Waals surface area contributed by atoms with Crippen molar-refractivity contribution in [3.05, 3.63) is 21.7 Å². The molecular formula is C11H17ClN4O2. The van der Waals surface area contributed by atoms with Crippen molar-refractivity contribution in [3.8, 4) is 0 Å². The normalized spacial score (nSPS) is 12.0. The average Bonchev–Trinajstić information content (AvgIpc) is 2.36. The van der Waals surface area contributed by atoms with Crippen molar-refractivity contribution in [1.29, 1.82) is 0 Å². The van der Waals surface area contributed by atoms with Gasteiger partial charge in [-0.25, -0.2) is 4.98 Å². The molecule has 1 rings (SSSR count). The van der Waals surface area contributed by atoms with E-state index < -0.39 is 11.6 Å². The first kappa shape index (κ1) is 14.5. The van der Waals surface area contributed by atoms with Crippen LogP contribution in [0.4, 0.5) is 5.82 Å². The Bertz CT molecular complexity index is 470. The minimum absolute atomic E-state index is 0.0447. The maximum absolute atomic E-state index is 12.0. The number of nitrogens with one attached hydrogen (secondary N) is 2. The van der Waals surface area contributed by atoms with Gasteiger partial charge in [-0.05, 0) is 20.8 Å². The number of anilines is 1. The Kier molecular flexibility index (Phi) is 5.15. The van der Waals surface area contributed by atoms with Gasteiger partial charge in [-0.3, -0.25) is 9.59 Å². The van der Waals surface area contributed by atoms with Gasteiger partial charge in [0.2, 0.25) is 5.91 Å². The van der Waals surface area contributed by atoms with Crippen LogP contribution in [0, 0.1) is 0 Å². The number of nitrogens with zero attached hydrogens (tertiary/aromatic N) is 2. The summed E-state index contributed by atoms with van der Waals surface area (Å²) in [5.74, 6) is 0.159.